The van der Waals surface area contributed by atoms with Gasteiger partial charge in [0.2, 0.25) is 0 Å². The summed E-state index contributed by atoms with van der Waals surface area (Å²) in [6, 6.07) is 5.58. The van der Waals surface area contributed by atoms with Crippen molar-refractivity contribution in [1.82, 2.24) is 14.0 Å². The van der Waals surface area contributed by atoms with Crippen molar-refractivity contribution in [3.05, 3.63) is 44.1 Å². The molecule has 0 radical (unpaired) electrons. The Kier molecular flexibility index (Phi) is 3.44. The first-order valence-electron chi connectivity index (χ1n) is 6.37. The van der Waals surface area contributed by atoms with E-state index < -0.39 is 5.97 Å². The van der Waals surface area contributed by atoms with Gasteiger partial charge >= 0.3 is 5.97 Å². The fourth-order valence-corrected chi connectivity index (χ4v) is 3.09. The molecule has 108 valence electrons. The van der Waals surface area contributed by atoms with Gasteiger partial charge in [-0.05, 0) is 41.6 Å². The largest absolute Gasteiger partial charge is 0.461 e. The molecule has 0 fully saturated rings. The number of esters is 1. The monoisotopic (exact) mass is 397 g/mol. The van der Waals surface area contributed by atoms with Crippen LogP contribution in [0.2, 0.25) is 0 Å². The molecule has 2 heterocycles. The van der Waals surface area contributed by atoms with Crippen LogP contribution in [0.15, 0.2) is 29.3 Å². The van der Waals surface area contributed by atoms with Crippen molar-refractivity contribution in [3.8, 4) is 0 Å². The molecular weight excluding hydrogens is 385 g/mol. The second kappa shape index (κ2) is 5.14. The molecule has 21 heavy (non-hydrogen) atoms. The third-order valence-corrected chi connectivity index (χ3v) is 4.20. The van der Waals surface area contributed by atoms with Crippen LogP contribution in [0.5, 0.6) is 0 Å². The van der Waals surface area contributed by atoms with Crippen LogP contribution in [0.25, 0.3) is 16.6 Å². The molecule has 0 atom stereocenters. The van der Waals surface area contributed by atoms with E-state index in [1.54, 1.807) is 24.7 Å². The van der Waals surface area contributed by atoms with Gasteiger partial charge in [-0.15, -0.1) is 0 Å². The predicted octanol–water partition coefficient (Wildman–Crippen LogP) is 1.97. The first kappa shape index (κ1) is 14.1. The molecule has 0 saturated heterocycles. The van der Waals surface area contributed by atoms with Crippen LogP contribution in [0.1, 0.15) is 17.4 Å². The van der Waals surface area contributed by atoms with E-state index in [0.717, 1.165) is 9.09 Å². The highest BCUT2D eigenvalue weighted by Gasteiger charge is 2.20. The topological polar surface area (TPSA) is 65.6 Å². The third kappa shape index (κ3) is 2.03. The van der Waals surface area contributed by atoms with Crippen LogP contribution in [0, 0.1) is 3.57 Å². The molecular formula is C14H12IN3O3. The second-order valence-electron chi connectivity index (χ2n) is 4.51. The molecule has 6 nitrogen and oxygen atoms in total. The van der Waals surface area contributed by atoms with E-state index in [1.165, 1.54) is 4.57 Å². The number of hydrogen-bond donors (Lipinski definition) is 0. The second-order valence-corrected chi connectivity index (χ2v) is 5.67. The van der Waals surface area contributed by atoms with E-state index in [-0.39, 0.29) is 17.9 Å². The number of carbonyl (C=O) groups is 1. The maximum atomic E-state index is 12.6. The summed E-state index contributed by atoms with van der Waals surface area (Å²) >= 11 is 2.13. The van der Waals surface area contributed by atoms with Crippen LogP contribution in [0.4, 0.5) is 0 Å². The van der Waals surface area contributed by atoms with Crippen molar-refractivity contribution in [2.45, 2.75) is 6.92 Å². The minimum absolute atomic E-state index is 0.150. The summed E-state index contributed by atoms with van der Waals surface area (Å²) in [6.07, 6.45) is 1.54. The van der Waals surface area contributed by atoms with Gasteiger partial charge in [-0.1, -0.05) is 6.07 Å². The van der Waals surface area contributed by atoms with E-state index in [4.69, 9.17) is 4.74 Å². The van der Waals surface area contributed by atoms with Gasteiger partial charge in [-0.25, -0.2) is 9.78 Å². The van der Waals surface area contributed by atoms with Gasteiger partial charge in [0.25, 0.3) is 5.56 Å². The molecule has 0 aliphatic rings. The van der Waals surface area contributed by atoms with E-state index in [9.17, 15) is 9.59 Å². The van der Waals surface area contributed by atoms with E-state index >= 15 is 0 Å². The summed E-state index contributed by atoms with van der Waals surface area (Å²) in [6.45, 7) is 1.99. The zero-order valence-electron chi connectivity index (χ0n) is 11.5. The number of rotatable bonds is 2. The first-order chi connectivity index (χ1) is 10.1. The van der Waals surface area contributed by atoms with Crippen molar-refractivity contribution in [1.29, 1.82) is 0 Å². The minimum atomic E-state index is -0.528. The summed E-state index contributed by atoms with van der Waals surface area (Å²) in [4.78, 5) is 28.7. The predicted molar refractivity (Wildman–Crippen MR) is 86.6 cm³/mol. The van der Waals surface area contributed by atoms with E-state index in [0.29, 0.717) is 11.0 Å². The molecule has 0 bridgehead atoms. The van der Waals surface area contributed by atoms with Crippen molar-refractivity contribution >= 4 is 45.1 Å². The number of ether oxygens (including phenoxy) is 1. The zero-order chi connectivity index (χ0) is 15.1. The lowest BCUT2D eigenvalue weighted by molar-refractivity contribution is 0.0522. The normalized spacial score (nSPS) is 11.2. The minimum Gasteiger partial charge on any atom is -0.461 e. The van der Waals surface area contributed by atoms with Gasteiger partial charge in [-0.3, -0.25) is 13.8 Å². The lowest BCUT2D eigenvalue weighted by atomic mass is 10.2. The number of fused-ring (bicyclic) bond motifs is 3. The summed E-state index contributed by atoms with van der Waals surface area (Å²) in [5, 5.41) is 0.612. The highest BCUT2D eigenvalue weighted by atomic mass is 127. The number of halogens is 1. The number of benzene rings is 1. The molecule has 0 N–H and O–H groups in total. The fourth-order valence-electron chi connectivity index (χ4n) is 2.37. The molecule has 3 aromatic rings. The van der Waals surface area contributed by atoms with Crippen LogP contribution in [0.3, 0.4) is 0 Å². The van der Waals surface area contributed by atoms with Crippen LogP contribution >= 0.6 is 22.6 Å². The number of hydrogen-bond acceptors (Lipinski definition) is 4. The molecule has 0 aliphatic heterocycles. The van der Waals surface area contributed by atoms with Gasteiger partial charge in [0.1, 0.15) is 6.33 Å². The Morgan fingerprint density at radius 3 is 2.90 bits per heavy atom. The van der Waals surface area contributed by atoms with Gasteiger partial charge < -0.3 is 4.74 Å². The molecule has 3 rings (SSSR count). The Balaban J connectivity index is 2.48. The number of carbonyl (C=O) groups excluding carboxylic acids is 1. The molecule has 0 saturated carbocycles. The molecule has 0 spiro atoms. The average Bonchev–Trinajstić information content (AvgIpc) is 2.90. The quantitative estimate of drug-likeness (QED) is 0.490. The van der Waals surface area contributed by atoms with Gasteiger partial charge in [0, 0.05) is 10.6 Å². The number of nitrogens with zero attached hydrogens (tertiary/aromatic N) is 3. The lowest BCUT2D eigenvalue weighted by Gasteiger charge is -2.09. The van der Waals surface area contributed by atoms with Gasteiger partial charge in [0.15, 0.2) is 11.3 Å². The van der Waals surface area contributed by atoms with Gasteiger partial charge in [0.05, 0.1) is 17.5 Å². The Bertz CT molecular complexity index is 926. The molecule has 0 unspecified atom stereocenters. The summed E-state index contributed by atoms with van der Waals surface area (Å²) in [7, 11) is 1.63. The highest BCUT2D eigenvalue weighted by molar-refractivity contribution is 14.1. The van der Waals surface area contributed by atoms with E-state index in [1.807, 2.05) is 18.2 Å². The SMILES string of the molecule is CCOC(=O)c1ncn2c3cccc(I)c3c(=O)n(C)c12. The maximum Gasteiger partial charge on any atom is 0.360 e. The van der Waals surface area contributed by atoms with Crippen molar-refractivity contribution in [3.63, 3.8) is 0 Å². The van der Waals surface area contributed by atoms with E-state index in [2.05, 4.69) is 27.6 Å². The lowest BCUT2D eigenvalue weighted by Crippen LogP contribution is -2.22. The summed E-state index contributed by atoms with van der Waals surface area (Å²) in [5.74, 6) is -0.528. The van der Waals surface area contributed by atoms with Gasteiger partial charge in [-0.2, -0.15) is 0 Å². The third-order valence-electron chi connectivity index (χ3n) is 3.30. The average molecular weight is 397 g/mol. The Hall–Kier alpha value is -1.90. The molecule has 0 aliphatic carbocycles. The van der Waals surface area contributed by atoms with Crippen molar-refractivity contribution in [2.24, 2.45) is 7.05 Å². The van der Waals surface area contributed by atoms with Crippen molar-refractivity contribution in [2.75, 3.05) is 6.61 Å². The molecule has 7 heteroatoms. The summed E-state index contributed by atoms with van der Waals surface area (Å²) < 4.78 is 9.03. The van der Waals surface area contributed by atoms with Crippen molar-refractivity contribution < 1.29 is 9.53 Å². The van der Waals surface area contributed by atoms with Crippen LogP contribution < -0.4 is 5.56 Å². The van der Waals surface area contributed by atoms with Crippen LogP contribution in [-0.2, 0) is 11.8 Å². The highest BCUT2D eigenvalue weighted by Crippen LogP contribution is 2.20. The smallest absolute Gasteiger partial charge is 0.360 e. The fraction of sp³-hybridized carbons (Fsp3) is 0.214. The standard InChI is InChI=1S/C14H12IN3O3/c1-3-21-14(20)11-12-17(2)13(19)10-8(15)5-4-6-9(10)18(12)7-16-11/h4-7H,3H2,1-2H3. The molecule has 0 amide bonds. The maximum absolute atomic E-state index is 12.6. The Morgan fingerprint density at radius 1 is 1.43 bits per heavy atom. The first-order valence-corrected chi connectivity index (χ1v) is 7.45. The molecule has 2 aromatic heterocycles. The van der Waals surface area contributed by atoms with Crippen LogP contribution in [-0.4, -0.2) is 26.5 Å². The summed E-state index contributed by atoms with van der Waals surface area (Å²) in [5.41, 5.74) is 1.15. The number of imidazole rings is 1. The molecule has 1 aromatic carbocycles. The number of aromatic nitrogens is 3. The number of aryl methyl sites for hydroxylation is 1. The zero-order valence-corrected chi connectivity index (χ0v) is 13.6. The Labute approximate surface area is 133 Å². The Morgan fingerprint density at radius 2 is 2.19 bits per heavy atom.